The molecule has 0 heterocycles. The van der Waals surface area contributed by atoms with E-state index in [1.807, 2.05) is 0 Å². The number of halogens is 5. The zero-order valence-corrected chi connectivity index (χ0v) is 20.6. The fourth-order valence-electron chi connectivity index (χ4n) is 6.39. The molecule has 2 aromatic rings. The van der Waals surface area contributed by atoms with Crippen molar-refractivity contribution in [3.8, 4) is 11.5 Å². The maximum Gasteiger partial charge on any atom is 0.194 e. The summed E-state index contributed by atoms with van der Waals surface area (Å²) in [5.41, 5.74) is 0.553. The first kappa shape index (κ1) is 26.0. The van der Waals surface area contributed by atoms with E-state index in [0.29, 0.717) is 11.5 Å². The van der Waals surface area contributed by atoms with Gasteiger partial charge in [0, 0.05) is 23.3 Å². The molecule has 2 aromatic carbocycles. The van der Waals surface area contributed by atoms with Gasteiger partial charge in [0.15, 0.2) is 29.1 Å². The Hall–Kier alpha value is -2.11. The molecule has 0 bridgehead atoms. The summed E-state index contributed by atoms with van der Waals surface area (Å²) in [7, 11) is 0. The van der Waals surface area contributed by atoms with E-state index in [9.17, 15) is 22.0 Å². The predicted molar refractivity (Wildman–Crippen MR) is 127 cm³/mol. The molecule has 0 amide bonds. The summed E-state index contributed by atoms with van der Waals surface area (Å²) in [6.45, 7) is 3.92. The summed E-state index contributed by atoms with van der Waals surface area (Å²) in [5.74, 6) is -4.31. The van der Waals surface area contributed by atoms with Crippen LogP contribution in [0.25, 0.3) is 0 Å². The predicted octanol–water partition coefficient (Wildman–Crippen LogP) is 9.62. The molecule has 0 aromatic heterocycles. The van der Waals surface area contributed by atoms with Crippen LogP contribution < -0.4 is 4.74 Å². The summed E-state index contributed by atoms with van der Waals surface area (Å²) < 4.78 is 76.0. The molecular formula is C29H35F5O. The van der Waals surface area contributed by atoms with E-state index in [-0.39, 0.29) is 29.4 Å². The van der Waals surface area contributed by atoms with Crippen molar-refractivity contribution < 1.29 is 26.7 Å². The van der Waals surface area contributed by atoms with Gasteiger partial charge < -0.3 is 4.74 Å². The molecule has 0 spiro atoms. The van der Waals surface area contributed by atoms with Crippen molar-refractivity contribution in [3.05, 3.63) is 58.4 Å². The molecule has 4 rings (SSSR count). The lowest BCUT2D eigenvalue weighted by Crippen LogP contribution is -2.25. The molecule has 0 atom stereocenters. The van der Waals surface area contributed by atoms with E-state index in [1.165, 1.54) is 44.6 Å². The van der Waals surface area contributed by atoms with Crippen LogP contribution in [0.2, 0.25) is 0 Å². The van der Waals surface area contributed by atoms with Crippen molar-refractivity contribution in [1.29, 1.82) is 0 Å². The Morgan fingerprint density at radius 3 is 1.80 bits per heavy atom. The zero-order valence-electron chi connectivity index (χ0n) is 20.6. The average Bonchev–Trinajstić information content (AvgIpc) is 2.86. The fourth-order valence-corrected chi connectivity index (χ4v) is 6.39. The lowest BCUT2D eigenvalue weighted by Gasteiger charge is -2.38. The molecule has 0 unspecified atom stereocenters. The Kier molecular flexibility index (Phi) is 8.38. The summed E-state index contributed by atoms with van der Waals surface area (Å²) in [5, 5.41) is 0. The second kappa shape index (κ2) is 11.3. The van der Waals surface area contributed by atoms with Crippen LogP contribution in [0.15, 0.2) is 18.2 Å². The highest BCUT2D eigenvalue weighted by molar-refractivity contribution is 5.48. The maximum atomic E-state index is 14.7. The second-order valence-electron chi connectivity index (χ2n) is 10.4. The van der Waals surface area contributed by atoms with Gasteiger partial charge in [-0.1, -0.05) is 39.5 Å². The Morgan fingerprint density at radius 1 is 0.714 bits per heavy atom. The van der Waals surface area contributed by atoms with E-state index in [4.69, 9.17) is 4.74 Å². The fraction of sp³-hybridized carbons (Fsp3) is 0.586. The Bertz CT molecular complexity index is 997. The van der Waals surface area contributed by atoms with Crippen molar-refractivity contribution >= 4 is 0 Å². The molecule has 2 fully saturated rings. The van der Waals surface area contributed by atoms with Crippen molar-refractivity contribution in [1.82, 2.24) is 0 Å². The van der Waals surface area contributed by atoms with Gasteiger partial charge in [-0.2, -0.15) is 0 Å². The Morgan fingerprint density at radius 2 is 1.26 bits per heavy atom. The first-order valence-corrected chi connectivity index (χ1v) is 13.1. The molecule has 35 heavy (non-hydrogen) atoms. The number of hydrogen-bond acceptors (Lipinski definition) is 1. The summed E-state index contributed by atoms with van der Waals surface area (Å²) >= 11 is 0. The lowest BCUT2D eigenvalue weighted by atomic mass is 9.68. The molecule has 0 N–H and O–H groups in total. The van der Waals surface area contributed by atoms with Crippen LogP contribution in [0.4, 0.5) is 22.0 Å². The van der Waals surface area contributed by atoms with Crippen LogP contribution in [-0.4, -0.2) is 0 Å². The average molecular weight is 495 g/mol. The zero-order chi connectivity index (χ0) is 25.1. The van der Waals surface area contributed by atoms with Gasteiger partial charge in [0.05, 0.1) is 0 Å². The van der Waals surface area contributed by atoms with E-state index in [2.05, 4.69) is 6.92 Å². The van der Waals surface area contributed by atoms with Crippen molar-refractivity contribution in [2.75, 3.05) is 0 Å². The van der Waals surface area contributed by atoms with Crippen LogP contribution in [0, 0.1) is 46.8 Å². The summed E-state index contributed by atoms with van der Waals surface area (Å²) in [4.78, 5) is 0. The molecule has 0 saturated heterocycles. The third kappa shape index (κ3) is 5.67. The van der Waals surface area contributed by atoms with Crippen LogP contribution in [0.1, 0.15) is 95.1 Å². The smallest absolute Gasteiger partial charge is 0.194 e. The Balaban J connectivity index is 1.53. The van der Waals surface area contributed by atoms with Crippen molar-refractivity contribution in [2.24, 2.45) is 17.8 Å². The van der Waals surface area contributed by atoms with Gasteiger partial charge in [-0.15, -0.1) is 0 Å². The van der Waals surface area contributed by atoms with Gasteiger partial charge in [0.1, 0.15) is 11.5 Å². The van der Waals surface area contributed by atoms with Crippen molar-refractivity contribution in [3.63, 3.8) is 0 Å². The molecule has 2 aliphatic carbocycles. The van der Waals surface area contributed by atoms with Crippen LogP contribution in [0.3, 0.4) is 0 Å². The highest BCUT2D eigenvalue weighted by atomic mass is 19.2. The van der Waals surface area contributed by atoms with E-state index in [0.717, 1.165) is 49.7 Å². The quantitative estimate of drug-likeness (QED) is 0.275. The largest absolute Gasteiger partial charge is 0.456 e. The van der Waals surface area contributed by atoms with Crippen molar-refractivity contribution in [2.45, 2.75) is 90.4 Å². The molecule has 0 radical (unpaired) electrons. The monoisotopic (exact) mass is 494 g/mol. The first-order valence-electron chi connectivity index (χ1n) is 13.1. The summed E-state index contributed by atoms with van der Waals surface area (Å²) in [6, 6.07) is 2.63. The van der Waals surface area contributed by atoms with E-state index >= 15 is 0 Å². The number of hydrogen-bond donors (Lipinski definition) is 0. The van der Waals surface area contributed by atoms with Gasteiger partial charge in [0.2, 0.25) is 0 Å². The Labute approximate surface area is 205 Å². The highest BCUT2D eigenvalue weighted by Gasteiger charge is 2.33. The van der Waals surface area contributed by atoms with E-state index < -0.39 is 29.1 Å². The van der Waals surface area contributed by atoms with Crippen LogP contribution >= 0.6 is 0 Å². The lowest BCUT2D eigenvalue weighted by molar-refractivity contribution is 0.156. The van der Waals surface area contributed by atoms with Crippen LogP contribution in [-0.2, 0) is 6.42 Å². The normalized spacial score (nSPS) is 25.0. The minimum absolute atomic E-state index is 0.0292. The van der Waals surface area contributed by atoms with E-state index in [1.54, 1.807) is 6.92 Å². The maximum absolute atomic E-state index is 14.7. The second-order valence-corrected chi connectivity index (χ2v) is 10.4. The molecule has 1 nitrogen and oxygen atoms in total. The van der Waals surface area contributed by atoms with Gasteiger partial charge in [-0.05, 0) is 74.7 Å². The molecule has 0 aliphatic heterocycles. The number of benzene rings is 2. The van der Waals surface area contributed by atoms with Crippen LogP contribution in [0.5, 0.6) is 11.5 Å². The molecule has 2 saturated carbocycles. The minimum Gasteiger partial charge on any atom is -0.456 e. The third-order valence-corrected chi connectivity index (χ3v) is 8.29. The summed E-state index contributed by atoms with van der Waals surface area (Å²) in [6.07, 6.45) is 11.6. The topological polar surface area (TPSA) is 9.23 Å². The molecule has 192 valence electrons. The van der Waals surface area contributed by atoms with Gasteiger partial charge in [-0.25, -0.2) is 22.0 Å². The first-order chi connectivity index (χ1) is 16.8. The molecule has 2 aliphatic rings. The number of ether oxygens (including phenoxy) is 1. The molecule has 6 heteroatoms. The van der Waals surface area contributed by atoms with Gasteiger partial charge >= 0.3 is 0 Å². The van der Waals surface area contributed by atoms with Gasteiger partial charge in [-0.3, -0.25) is 0 Å². The third-order valence-electron chi connectivity index (χ3n) is 8.29. The SMILES string of the molecule is CCCC1CCC(C2CCC(c3cc(F)c(F)c(CC)c3Oc3cc(F)c(F)c(F)c3)CC2)CC1. The van der Waals surface area contributed by atoms with Gasteiger partial charge in [0.25, 0.3) is 0 Å². The number of rotatable bonds is 7. The molecular weight excluding hydrogens is 459 g/mol. The standard InChI is InChI=1S/C29H35F5O/c1-3-5-17-6-8-18(9-7-17)19-10-12-20(13-11-19)23-16-26(32)27(33)22(4-2)29(23)35-21-14-24(30)28(34)25(31)15-21/h14-20H,3-13H2,1-2H3. The highest BCUT2D eigenvalue weighted by Crippen LogP contribution is 2.47. The minimum atomic E-state index is -1.60.